The summed E-state index contributed by atoms with van der Waals surface area (Å²) < 4.78 is 6.65. The van der Waals surface area contributed by atoms with Crippen LogP contribution < -0.4 is 10.5 Å². The molecule has 0 aromatic heterocycles. The van der Waals surface area contributed by atoms with Crippen LogP contribution in [0.2, 0.25) is 0 Å². The molecule has 2 nitrogen and oxygen atoms in total. The standard InChI is InChI=1S/C13H20BrNO/c1-9-8-12(14)10(2)11(13(9)16-3)6-4-5-7-15/h8H,4-7,15H2,1-3H3. The summed E-state index contributed by atoms with van der Waals surface area (Å²) in [6, 6.07) is 2.11. The van der Waals surface area contributed by atoms with Crippen molar-refractivity contribution in [3.8, 4) is 5.75 Å². The summed E-state index contributed by atoms with van der Waals surface area (Å²) in [7, 11) is 1.74. The molecular weight excluding hydrogens is 266 g/mol. The Morgan fingerprint density at radius 1 is 1.31 bits per heavy atom. The van der Waals surface area contributed by atoms with Crippen LogP contribution in [0.1, 0.15) is 29.5 Å². The minimum Gasteiger partial charge on any atom is -0.496 e. The first kappa shape index (κ1) is 13.5. The Bertz CT molecular complexity index is 363. The van der Waals surface area contributed by atoms with Crippen molar-refractivity contribution in [2.45, 2.75) is 33.1 Å². The van der Waals surface area contributed by atoms with E-state index in [1.54, 1.807) is 7.11 Å². The fraction of sp³-hybridized carbons (Fsp3) is 0.538. The lowest BCUT2D eigenvalue weighted by Crippen LogP contribution is -2.02. The summed E-state index contributed by atoms with van der Waals surface area (Å²) in [5.74, 6) is 1.03. The average Bonchev–Trinajstić information content (AvgIpc) is 2.25. The highest BCUT2D eigenvalue weighted by Crippen LogP contribution is 2.33. The zero-order valence-corrected chi connectivity index (χ0v) is 11.9. The lowest BCUT2D eigenvalue weighted by molar-refractivity contribution is 0.405. The van der Waals surface area contributed by atoms with Gasteiger partial charge in [-0.25, -0.2) is 0 Å². The van der Waals surface area contributed by atoms with Gasteiger partial charge in [0.25, 0.3) is 0 Å². The van der Waals surface area contributed by atoms with Crippen LogP contribution in [0, 0.1) is 13.8 Å². The van der Waals surface area contributed by atoms with Crippen LogP contribution in [0.15, 0.2) is 10.5 Å². The molecule has 90 valence electrons. The molecule has 1 aromatic carbocycles. The minimum atomic E-state index is 0.758. The summed E-state index contributed by atoms with van der Waals surface area (Å²) in [5, 5.41) is 0. The number of halogens is 1. The maximum atomic E-state index is 5.52. The van der Waals surface area contributed by atoms with Crippen molar-refractivity contribution in [3.63, 3.8) is 0 Å². The summed E-state index contributed by atoms with van der Waals surface area (Å²) in [6.07, 6.45) is 3.21. The van der Waals surface area contributed by atoms with Crippen molar-refractivity contribution in [3.05, 3.63) is 27.2 Å². The second-order valence-corrected chi connectivity index (χ2v) is 4.91. The van der Waals surface area contributed by atoms with Gasteiger partial charge in [-0.05, 0) is 62.4 Å². The topological polar surface area (TPSA) is 35.2 Å². The third-order valence-electron chi connectivity index (χ3n) is 2.87. The Hall–Kier alpha value is -0.540. The Labute approximate surface area is 106 Å². The molecule has 0 unspecified atom stereocenters. The molecule has 2 N–H and O–H groups in total. The van der Waals surface area contributed by atoms with Crippen molar-refractivity contribution in [1.82, 2.24) is 0 Å². The maximum absolute atomic E-state index is 5.52. The number of unbranched alkanes of at least 4 members (excludes halogenated alkanes) is 1. The van der Waals surface area contributed by atoms with Crippen LogP contribution in [0.25, 0.3) is 0 Å². The van der Waals surface area contributed by atoms with E-state index in [1.807, 2.05) is 0 Å². The molecule has 3 heteroatoms. The lowest BCUT2D eigenvalue weighted by Gasteiger charge is -2.15. The molecule has 0 aliphatic heterocycles. The Kier molecular flexibility index (Phi) is 5.29. The monoisotopic (exact) mass is 285 g/mol. The van der Waals surface area contributed by atoms with E-state index in [1.165, 1.54) is 16.7 Å². The van der Waals surface area contributed by atoms with Gasteiger partial charge >= 0.3 is 0 Å². The summed E-state index contributed by atoms with van der Waals surface area (Å²) in [5.41, 5.74) is 9.29. The molecule has 0 spiro atoms. The number of benzene rings is 1. The maximum Gasteiger partial charge on any atom is 0.125 e. The molecule has 16 heavy (non-hydrogen) atoms. The second-order valence-electron chi connectivity index (χ2n) is 4.06. The highest BCUT2D eigenvalue weighted by atomic mass is 79.9. The minimum absolute atomic E-state index is 0.758. The predicted octanol–water partition coefficient (Wildman–Crippen LogP) is 3.36. The predicted molar refractivity (Wildman–Crippen MR) is 72.2 cm³/mol. The molecule has 0 amide bonds. The van der Waals surface area contributed by atoms with E-state index in [4.69, 9.17) is 10.5 Å². The number of methoxy groups -OCH3 is 1. The first-order valence-electron chi connectivity index (χ1n) is 5.64. The summed E-state index contributed by atoms with van der Waals surface area (Å²) in [4.78, 5) is 0. The summed E-state index contributed by atoms with van der Waals surface area (Å²) in [6.45, 7) is 4.97. The third kappa shape index (κ3) is 2.98. The molecule has 0 saturated heterocycles. The number of rotatable bonds is 5. The van der Waals surface area contributed by atoms with Crippen LogP contribution in [-0.4, -0.2) is 13.7 Å². The number of aryl methyl sites for hydroxylation is 1. The van der Waals surface area contributed by atoms with E-state index in [0.29, 0.717) is 0 Å². The van der Waals surface area contributed by atoms with Crippen molar-refractivity contribution in [1.29, 1.82) is 0 Å². The Balaban J connectivity index is 3.02. The van der Waals surface area contributed by atoms with Gasteiger partial charge in [-0.3, -0.25) is 0 Å². The van der Waals surface area contributed by atoms with Crippen LogP contribution in [0.3, 0.4) is 0 Å². The molecule has 0 saturated carbocycles. The number of hydrogen-bond donors (Lipinski definition) is 1. The van der Waals surface area contributed by atoms with Gasteiger partial charge in [0.15, 0.2) is 0 Å². The average molecular weight is 286 g/mol. The van der Waals surface area contributed by atoms with Crippen LogP contribution in [0.4, 0.5) is 0 Å². The first-order valence-corrected chi connectivity index (χ1v) is 6.43. The number of ether oxygens (including phenoxy) is 1. The molecule has 0 radical (unpaired) electrons. The van der Waals surface area contributed by atoms with Gasteiger partial charge in [0.05, 0.1) is 7.11 Å². The SMILES string of the molecule is COc1c(C)cc(Br)c(C)c1CCCCN. The fourth-order valence-electron chi connectivity index (χ4n) is 1.95. The first-order chi connectivity index (χ1) is 7.61. The zero-order chi connectivity index (χ0) is 12.1. The second kappa shape index (κ2) is 6.26. The van der Waals surface area contributed by atoms with Crippen molar-refractivity contribution in [2.24, 2.45) is 5.73 Å². The molecule has 1 aromatic rings. The van der Waals surface area contributed by atoms with E-state index in [0.717, 1.165) is 36.0 Å². The van der Waals surface area contributed by atoms with Gasteiger partial charge in [-0.2, -0.15) is 0 Å². The third-order valence-corrected chi connectivity index (χ3v) is 3.70. The molecule has 0 aliphatic rings. The van der Waals surface area contributed by atoms with Crippen molar-refractivity contribution >= 4 is 15.9 Å². The normalized spacial score (nSPS) is 10.6. The Morgan fingerprint density at radius 3 is 2.56 bits per heavy atom. The molecular formula is C13H20BrNO. The van der Waals surface area contributed by atoms with E-state index < -0.39 is 0 Å². The highest BCUT2D eigenvalue weighted by Gasteiger charge is 2.12. The summed E-state index contributed by atoms with van der Waals surface area (Å²) >= 11 is 3.59. The van der Waals surface area contributed by atoms with Crippen molar-refractivity contribution in [2.75, 3.05) is 13.7 Å². The van der Waals surface area contributed by atoms with Gasteiger partial charge < -0.3 is 10.5 Å². The van der Waals surface area contributed by atoms with Crippen LogP contribution in [-0.2, 0) is 6.42 Å². The molecule has 0 atom stereocenters. The molecule has 0 heterocycles. The van der Waals surface area contributed by atoms with Gasteiger partial charge in [0.2, 0.25) is 0 Å². The lowest BCUT2D eigenvalue weighted by atomic mass is 9.99. The van der Waals surface area contributed by atoms with Gasteiger partial charge in [0.1, 0.15) is 5.75 Å². The fourth-order valence-corrected chi connectivity index (χ4v) is 2.53. The number of hydrogen-bond acceptors (Lipinski definition) is 2. The van der Waals surface area contributed by atoms with E-state index in [-0.39, 0.29) is 0 Å². The zero-order valence-electron chi connectivity index (χ0n) is 10.3. The van der Waals surface area contributed by atoms with E-state index >= 15 is 0 Å². The van der Waals surface area contributed by atoms with Crippen LogP contribution in [0.5, 0.6) is 5.75 Å². The van der Waals surface area contributed by atoms with Gasteiger partial charge in [-0.1, -0.05) is 15.9 Å². The molecule has 0 bridgehead atoms. The number of nitrogens with two attached hydrogens (primary N) is 1. The smallest absolute Gasteiger partial charge is 0.125 e. The highest BCUT2D eigenvalue weighted by molar-refractivity contribution is 9.10. The van der Waals surface area contributed by atoms with Gasteiger partial charge in [0, 0.05) is 4.47 Å². The van der Waals surface area contributed by atoms with Crippen LogP contribution >= 0.6 is 15.9 Å². The van der Waals surface area contributed by atoms with E-state index in [9.17, 15) is 0 Å². The Morgan fingerprint density at radius 2 is 2.00 bits per heavy atom. The molecule has 0 aliphatic carbocycles. The van der Waals surface area contributed by atoms with E-state index in [2.05, 4.69) is 35.8 Å². The molecule has 1 rings (SSSR count). The molecule has 0 fully saturated rings. The quantitative estimate of drug-likeness (QED) is 0.842. The largest absolute Gasteiger partial charge is 0.496 e. The van der Waals surface area contributed by atoms with Gasteiger partial charge in [-0.15, -0.1) is 0 Å². The van der Waals surface area contributed by atoms with Crippen molar-refractivity contribution < 1.29 is 4.74 Å².